The Labute approximate surface area is 144 Å². The first-order valence-electron chi connectivity index (χ1n) is 7.41. The lowest BCUT2D eigenvalue weighted by molar-refractivity contribution is -0.387. The van der Waals surface area contributed by atoms with Gasteiger partial charge >= 0.3 is 0 Å². The number of hydrogen-bond donors (Lipinski definition) is 4. The van der Waals surface area contributed by atoms with E-state index in [0.717, 1.165) is 21.3 Å². The molecule has 1 amide bonds. The van der Waals surface area contributed by atoms with Gasteiger partial charge in [0.25, 0.3) is 0 Å². The predicted octanol–water partition coefficient (Wildman–Crippen LogP) is -3.92. The molecule has 0 aliphatic carbocycles. The smallest absolute Gasteiger partial charge is 0.220 e. The standard InChI is InChI=1S/C14H25NO10/c1-7(17)15-9-8(18)5-13(22-2,12(20)21)25-10(9)11(19)14(6-16,23-3)24-4/h8-11,16,18-19H,5-6H2,1-4H3,(H,15,17)(H,20,21)/p-1/t8-,9+,10+,11-,13-/m0/s1. The minimum absolute atomic E-state index is 0.562. The van der Waals surface area contributed by atoms with Gasteiger partial charge in [-0.2, -0.15) is 0 Å². The Morgan fingerprint density at radius 2 is 1.96 bits per heavy atom. The van der Waals surface area contributed by atoms with Gasteiger partial charge in [0, 0.05) is 34.7 Å². The van der Waals surface area contributed by atoms with Crippen LogP contribution in [0.25, 0.3) is 0 Å². The van der Waals surface area contributed by atoms with Crippen LogP contribution in [0.1, 0.15) is 13.3 Å². The first-order valence-corrected chi connectivity index (χ1v) is 7.41. The number of aliphatic hydroxyl groups excluding tert-OH is 3. The lowest BCUT2D eigenvalue weighted by Gasteiger charge is -2.50. The van der Waals surface area contributed by atoms with Crippen LogP contribution in [0.3, 0.4) is 0 Å². The normalized spacial score (nSPS) is 31.4. The van der Waals surface area contributed by atoms with E-state index in [0.29, 0.717) is 0 Å². The van der Waals surface area contributed by atoms with E-state index in [1.807, 2.05) is 0 Å². The second kappa shape index (κ2) is 8.36. The fourth-order valence-electron chi connectivity index (χ4n) is 2.78. The van der Waals surface area contributed by atoms with Crippen molar-refractivity contribution in [3.63, 3.8) is 0 Å². The molecule has 146 valence electrons. The quantitative estimate of drug-likeness (QED) is 0.311. The molecule has 4 N–H and O–H groups in total. The van der Waals surface area contributed by atoms with Gasteiger partial charge in [0.2, 0.25) is 17.5 Å². The summed E-state index contributed by atoms with van der Waals surface area (Å²) in [7, 11) is 3.30. The lowest BCUT2D eigenvalue weighted by atomic mass is 9.87. The van der Waals surface area contributed by atoms with E-state index in [4.69, 9.17) is 18.9 Å². The molecule has 1 aliphatic rings. The maximum absolute atomic E-state index is 11.5. The van der Waals surface area contributed by atoms with Gasteiger partial charge in [0.05, 0.1) is 18.8 Å². The fourth-order valence-corrected chi connectivity index (χ4v) is 2.78. The number of methoxy groups -OCH3 is 3. The Morgan fingerprint density at radius 1 is 1.40 bits per heavy atom. The van der Waals surface area contributed by atoms with Crippen LogP contribution in [-0.4, -0.2) is 91.1 Å². The molecule has 1 aliphatic heterocycles. The largest absolute Gasteiger partial charge is 0.544 e. The zero-order valence-electron chi connectivity index (χ0n) is 14.4. The minimum atomic E-state index is -2.37. The summed E-state index contributed by atoms with van der Waals surface area (Å²) in [6.07, 6.45) is -5.42. The van der Waals surface area contributed by atoms with Gasteiger partial charge < -0.3 is 49.5 Å². The molecule has 0 radical (unpaired) electrons. The topological polar surface area (TPSA) is 167 Å². The highest BCUT2D eigenvalue weighted by atomic mass is 16.7. The summed E-state index contributed by atoms with van der Waals surface area (Å²) in [5.74, 6) is -6.71. The molecule has 0 aromatic rings. The Kier molecular flexibility index (Phi) is 7.26. The van der Waals surface area contributed by atoms with Crippen LogP contribution in [0.2, 0.25) is 0 Å². The molecule has 0 saturated carbocycles. The zero-order chi connectivity index (χ0) is 19.4. The summed E-state index contributed by atoms with van der Waals surface area (Å²) in [6, 6.07) is -1.23. The van der Waals surface area contributed by atoms with E-state index in [2.05, 4.69) is 5.32 Å². The van der Waals surface area contributed by atoms with Gasteiger partial charge in [-0.15, -0.1) is 0 Å². The van der Waals surface area contributed by atoms with Crippen molar-refractivity contribution in [2.75, 3.05) is 27.9 Å². The van der Waals surface area contributed by atoms with Gasteiger partial charge in [0.15, 0.2) is 0 Å². The molecule has 0 aromatic carbocycles. The number of carbonyl (C=O) groups excluding carboxylic acids is 2. The maximum atomic E-state index is 11.5. The summed E-state index contributed by atoms with van der Waals surface area (Å²) >= 11 is 0. The SMILES string of the molecule is COC(CO)(OC)[C@@H](O)[C@@H]1O[C@](OC)(C(=O)[O-])C[C@H](O)[C@H]1NC(C)=O. The van der Waals surface area contributed by atoms with Crippen molar-refractivity contribution in [2.24, 2.45) is 0 Å². The maximum Gasteiger partial charge on any atom is 0.220 e. The predicted molar refractivity (Wildman–Crippen MR) is 77.7 cm³/mol. The molecule has 0 aromatic heterocycles. The van der Waals surface area contributed by atoms with Crippen molar-refractivity contribution < 1.29 is 49.0 Å². The average molecular weight is 366 g/mol. The van der Waals surface area contributed by atoms with Crippen molar-refractivity contribution in [2.45, 2.75) is 49.3 Å². The number of aliphatic hydroxyl groups is 3. The molecule has 1 saturated heterocycles. The van der Waals surface area contributed by atoms with Crippen LogP contribution in [0.4, 0.5) is 0 Å². The second-order valence-corrected chi connectivity index (χ2v) is 5.65. The highest BCUT2D eigenvalue weighted by molar-refractivity contribution is 5.75. The van der Waals surface area contributed by atoms with Crippen LogP contribution < -0.4 is 10.4 Å². The summed E-state index contributed by atoms with van der Waals surface area (Å²) < 4.78 is 20.2. The van der Waals surface area contributed by atoms with Crippen LogP contribution in [0, 0.1) is 0 Å². The summed E-state index contributed by atoms with van der Waals surface area (Å²) in [5, 5.41) is 44.3. The Bertz CT molecular complexity index is 474. The van der Waals surface area contributed by atoms with E-state index < -0.39 is 60.8 Å². The van der Waals surface area contributed by atoms with Crippen LogP contribution >= 0.6 is 0 Å². The zero-order valence-corrected chi connectivity index (χ0v) is 14.4. The number of carboxylic acids is 1. The van der Waals surface area contributed by atoms with E-state index in [9.17, 15) is 30.0 Å². The number of amides is 1. The third-order valence-electron chi connectivity index (χ3n) is 4.26. The minimum Gasteiger partial charge on any atom is -0.544 e. The Hall–Kier alpha value is -1.34. The Morgan fingerprint density at radius 3 is 2.32 bits per heavy atom. The molecule has 0 unspecified atom stereocenters. The summed E-state index contributed by atoms with van der Waals surface area (Å²) in [5.41, 5.74) is 0. The molecular formula is C14H24NO10-. The van der Waals surface area contributed by atoms with E-state index in [1.165, 1.54) is 6.92 Å². The third-order valence-corrected chi connectivity index (χ3v) is 4.26. The lowest BCUT2D eigenvalue weighted by Crippen LogP contribution is -2.71. The van der Waals surface area contributed by atoms with Gasteiger partial charge in [0.1, 0.15) is 18.2 Å². The number of carboxylic acid groups (broad SMARTS) is 1. The molecule has 0 bridgehead atoms. The van der Waals surface area contributed by atoms with Gasteiger partial charge in [-0.05, 0) is 0 Å². The highest BCUT2D eigenvalue weighted by Gasteiger charge is 2.55. The number of ether oxygens (including phenoxy) is 4. The van der Waals surface area contributed by atoms with Crippen molar-refractivity contribution in [1.29, 1.82) is 0 Å². The second-order valence-electron chi connectivity index (χ2n) is 5.65. The van der Waals surface area contributed by atoms with E-state index in [-0.39, 0.29) is 0 Å². The molecule has 11 heteroatoms. The van der Waals surface area contributed by atoms with Crippen LogP contribution in [-0.2, 0) is 28.5 Å². The first-order chi connectivity index (χ1) is 11.6. The van der Waals surface area contributed by atoms with Crippen molar-refractivity contribution in [3.05, 3.63) is 0 Å². The Balaban J connectivity index is 3.33. The van der Waals surface area contributed by atoms with E-state index in [1.54, 1.807) is 0 Å². The molecule has 1 fully saturated rings. The molecule has 25 heavy (non-hydrogen) atoms. The molecule has 0 spiro atoms. The first kappa shape index (κ1) is 21.7. The van der Waals surface area contributed by atoms with Crippen molar-refractivity contribution >= 4 is 11.9 Å². The summed E-state index contributed by atoms with van der Waals surface area (Å²) in [4.78, 5) is 22.9. The number of carbonyl (C=O) groups is 2. The third kappa shape index (κ3) is 4.08. The number of aliphatic carboxylic acids is 1. The monoisotopic (exact) mass is 366 g/mol. The van der Waals surface area contributed by atoms with Gasteiger partial charge in [-0.1, -0.05) is 0 Å². The number of rotatable bonds is 8. The summed E-state index contributed by atoms with van der Waals surface area (Å²) in [6.45, 7) is 0.342. The van der Waals surface area contributed by atoms with Crippen molar-refractivity contribution in [1.82, 2.24) is 5.32 Å². The number of nitrogens with one attached hydrogen (secondary N) is 1. The molecule has 11 nitrogen and oxygen atoms in total. The fraction of sp³-hybridized carbons (Fsp3) is 0.857. The van der Waals surface area contributed by atoms with Gasteiger partial charge in [-0.25, -0.2) is 0 Å². The van der Waals surface area contributed by atoms with Crippen LogP contribution in [0.15, 0.2) is 0 Å². The average Bonchev–Trinajstić information content (AvgIpc) is 2.57. The van der Waals surface area contributed by atoms with E-state index >= 15 is 0 Å². The molecule has 1 heterocycles. The van der Waals surface area contributed by atoms with Crippen molar-refractivity contribution in [3.8, 4) is 0 Å². The molecular weight excluding hydrogens is 342 g/mol. The number of hydrogen-bond acceptors (Lipinski definition) is 10. The molecule has 1 rings (SSSR count). The van der Waals surface area contributed by atoms with Crippen LogP contribution in [0.5, 0.6) is 0 Å². The molecule has 5 atom stereocenters. The highest BCUT2D eigenvalue weighted by Crippen LogP contribution is 2.35. The van der Waals surface area contributed by atoms with Gasteiger partial charge in [-0.3, -0.25) is 4.79 Å².